The highest BCUT2D eigenvalue weighted by Crippen LogP contribution is 2.29. The fourth-order valence-corrected chi connectivity index (χ4v) is 2.05. The zero-order valence-corrected chi connectivity index (χ0v) is 11.1. The molecule has 1 heterocycles. The van der Waals surface area contributed by atoms with E-state index in [9.17, 15) is 0 Å². The van der Waals surface area contributed by atoms with Crippen molar-refractivity contribution in [2.45, 2.75) is 6.42 Å². The molecule has 0 atom stereocenters. The van der Waals surface area contributed by atoms with Crippen LogP contribution in [0, 0.1) is 0 Å². The van der Waals surface area contributed by atoms with Crippen LogP contribution in [0.25, 0.3) is 11.3 Å². The smallest absolute Gasteiger partial charge is 0.137 e. The van der Waals surface area contributed by atoms with E-state index in [1.165, 1.54) is 0 Å². The normalized spacial score (nSPS) is 10.5. The lowest BCUT2D eigenvalue weighted by atomic mass is 10.1. The first-order valence-electron chi connectivity index (χ1n) is 5.23. The summed E-state index contributed by atoms with van der Waals surface area (Å²) in [6.07, 6.45) is 2.63. The Labute approximate surface area is 111 Å². The van der Waals surface area contributed by atoms with E-state index >= 15 is 0 Å². The lowest BCUT2D eigenvalue weighted by Gasteiger charge is -2.04. The van der Waals surface area contributed by atoms with Gasteiger partial charge in [-0.15, -0.1) is 0 Å². The zero-order valence-electron chi connectivity index (χ0n) is 9.40. The van der Waals surface area contributed by atoms with Gasteiger partial charge in [0.1, 0.15) is 11.6 Å². The summed E-state index contributed by atoms with van der Waals surface area (Å²) >= 11 is 10.2. The van der Waals surface area contributed by atoms with E-state index in [0.29, 0.717) is 10.8 Å². The van der Waals surface area contributed by atoms with Crippen LogP contribution in [0.2, 0.25) is 5.02 Å². The van der Waals surface area contributed by atoms with Gasteiger partial charge in [0.15, 0.2) is 0 Å². The summed E-state index contributed by atoms with van der Waals surface area (Å²) in [6.45, 7) is 0. The summed E-state index contributed by atoms with van der Waals surface area (Å²) in [5, 5.41) is 0.593. The maximum atomic E-state index is 6.08. The predicted octanol–water partition coefficient (Wildman–Crippen LogP) is 3.21. The van der Waals surface area contributed by atoms with Gasteiger partial charge in [-0.3, -0.25) is 0 Å². The number of H-pyrrole nitrogens is 1. The van der Waals surface area contributed by atoms with Gasteiger partial charge in [0.25, 0.3) is 0 Å². The number of aryl methyl sites for hydroxylation is 1. The second-order valence-corrected chi connectivity index (χ2v) is 4.42. The number of hydrogen-bond donors (Lipinski definition) is 2. The largest absolute Gasteiger partial charge is 0.495 e. The molecule has 0 unspecified atom stereocenters. The van der Waals surface area contributed by atoms with Crippen molar-refractivity contribution in [2.24, 2.45) is 0 Å². The zero-order chi connectivity index (χ0) is 12.3. The molecule has 1 aromatic carbocycles. The van der Waals surface area contributed by atoms with Crippen LogP contribution < -0.4 is 4.74 Å². The number of aromatic amines is 1. The first-order chi connectivity index (χ1) is 8.24. The molecule has 1 N–H and O–H groups in total. The first kappa shape index (κ1) is 12.3. The van der Waals surface area contributed by atoms with Crippen LogP contribution in [-0.2, 0) is 6.42 Å². The van der Waals surface area contributed by atoms with Crippen molar-refractivity contribution in [3.05, 3.63) is 35.2 Å². The third kappa shape index (κ3) is 2.76. The average Bonchev–Trinajstić information content (AvgIpc) is 2.78. The monoisotopic (exact) mass is 268 g/mol. The highest BCUT2D eigenvalue weighted by molar-refractivity contribution is 7.80. The Morgan fingerprint density at radius 1 is 1.47 bits per heavy atom. The van der Waals surface area contributed by atoms with Crippen LogP contribution in [0.5, 0.6) is 5.75 Å². The number of halogens is 1. The van der Waals surface area contributed by atoms with Gasteiger partial charge < -0.3 is 9.72 Å². The van der Waals surface area contributed by atoms with Crippen molar-refractivity contribution >= 4 is 24.2 Å². The van der Waals surface area contributed by atoms with E-state index < -0.39 is 0 Å². The third-order valence-corrected chi connectivity index (χ3v) is 2.96. The van der Waals surface area contributed by atoms with Crippen molar-refractivity contribution in [1.82, 2.24) is 9.97 Å². The van der Waals surface area contributed by atoms with Crippen molar-refractivity contribution in [3.63, 3.8) is 0 Å². The highest BCUT2D eigenvalue weighted by atomic mass is 35.5. The number of rotatable bonds is 4. The highest BCUT2D eigenvalue weighted by Gasteiger charge is 2.06. The molecule has 0 spiro atoms. The van der Waals surface area contributed by atoms with Crippen molar-refractivity contribution in [1.29, 1.82) is 0 Å². The number of imidazole rings is 1. The molecular weight excluding hydrogens is 256 g/mol. The molecule has 0 amide bonds. The quantitative estimate of drug-likeness (QED) is 0.836. The number of aromatic nitrogens is 2. The van der Waals surface area contributed by atoms with Gasteiger partial charge in [0, 0.05) is 12.0 Å². The van der Waals surface area contributed by atoms with Crippen molar-refractivity contribution in [2.75, 3.05) is 12.9 Å². The summed E-state index contributed by atoms with van der Waals surface area (Å²) in [6, 6.07) is 5.65. The Bertz CT molecular complexity index is 513. The number of thiol groups is 1. The van der Waals surface area contributed by atoms with Gasteiger partial charge in [-0.25, -0.2) is 4.98 Å². The lowest BCUT2D eigenvalue weighted by molar-refractivity contribution is 0.415. The maximum absolute atomic E-state index is 6.08. The van der Waals surface area contributed by atoms with E-state index in [1.54, 1.807) is 13.3 Å². The summed E-state index contributed by atoms with van der Waals surface area (Å²) in [4.78, 5) is 7.51. The van der Waals surface area contributed by atoms with Gasteiger partial charge in [-0.2, -0.15) is 12.6 Å². The van der Waals surface area contributed by atoms with Gasteiger partial charge >= 0.3 is 0 Å². The molecule has 1 aromatic heterocycles. The van der Waals surface area contributed by atoms with Crippen LogP contribution in [0.3, 0.4) is 0 Å². The molecule has 0 saturated heterocycles. The van der Waals surface area contributed by atoms with Crippen LogP contribution in [0.1, 0.15) is 5.82 Å². The number of benzene rings is 1. The van der Waals surface area contributed by atoms with Crippen molar-refractivity contribution < 1.29 is 4.74 Å². The molecule has 0 fully saturated rings. The molecule has 3 nitrogen and oxygen atoms in total. The Morgan fingerprint density at radius 3 is 2.94 bits per heavy atom. The molecule has 17 heavy (non-hydrogen) atoms. The molecular formula is C12H13ClN2OS. The molecule has 0 aliphatic heterocycles. The molecule has 90 valence electrons. The van der Waals surface area contributed by atoms with E-state index in [0.717, 1.165) is 29.3 Å². The molecule has 5 heteroatoms. The second-order valence-electron chi connectivity index (χ2n) is 3.57. The topological polar surface area (TPSA) is 37.9 Å². The molecule has 2 aromatic rings. The Balaban J connectivity index is 2.29. The summed E-state index contributed by atoms with van der Waals surface area (Å²) in [7, 11) is 1.60. The number of nitrogens with one attached hydrogen (secondary N) is 1. The van der Waals surface area contributed by atoms with Crippen LogP contribution >= 0.6 is 24.2 Å². The number of methoxy groups -OCH3 is 1. The van der Waals surface area contributed by atoms with E-state index in [-0.39, 0.29) is 0 Å². The Morgan fingerprint density at radius 2 is 2.29 bits per heavy atom. The van der Waals surface area contributed by atoms with Crippen molar-refractivity contribution in [3.8, 4) is 17.0 Å². The number of hydrogen-bond acceptors (Lipinski definition) is 3. The molecule has 0 bridgehead atoms. The molecule has 0 aliphatic carbocycles. The summed E-state index contributed by atoms with van der Waals surface area (Å²) in [5.74, 6) is 2.38. The minimum Gasteiger partial charge on any atom is -0.495 e. The van der Waals surface area contributed by atoms with Gasteiger partial charge in [0.05, 0.1) is 24.0 Å². The standard InChI is InChI=1S/C12H13ClN2OS/c1-16-11-3-2-8(6-9(11)13)10-7-14-12(15-10)4-5-17/h2-3,6-7,17H,4-5H2,1H3,(H,14,15). The van der Waals surface area contributed by atoms with Gasteiger partial charge in [0.2, 0.25) is 0 Å². The van der Waals surface area contributed by atoms with E-state index in [2.05, 4.69) is 22.6 Å². The SMILES string of the molecule is COc1ccc(-c2cnc(CCS)[nH]2)cc1Cl. The van der Waals surface area contributed by atoms with Crippen LogP contribution in [-0.4, -0.2) is 22.8 Å². The molecule has 0 radical (unpaired) electrons. The Kier molecular flexibility index (Phi) is 3.97. The lowest BCUT2D eigenvalue weighted by Crippen LogP contribution is -1.89. The average molecular weight is 269 g/mol. The molecule has 0 saturated carbocycles. The minimum absolute atomic E-state index is 0.593. The predicted molar refractivity (Wildman–Crippen MR) is 73.1 cm³/mol. The van der Waals surface area contributed by atoms with Crippen LogP contribution in [0.4, 0.5) is 0 Å². The van der Waals surface area contributed by atoms with Crippen LogP contribution in [0.15, 0.2) is 24.4 Å². The van der Waals surface area contributed by atoms with E-state index in [1.807, 2.05) is 18.2 Å². The summed E-state index contributed by atoms with van der Waals surface area (Å²) in [5.41, 5.74) is 1.94. The fourth-order valence-electron chi connectivity index (χ4n) is 1.58. The Hall–Kier alpha value is -1.13. The van der Waals surface area contributed by atoms with Gasteiger partial charge in [-0.05, 0) is 24.0 Å². The first-order valence-corrected chi connectivity index (χ1v) is 6.24. The fraction of sp³-hybridized carbons (Fsp3) is 0.250. The molecule has 2 rings (SSSR count). The van der Waals surface area contributed by atoms with Gasteiger partial charge in [-0.1, -0.05) is 11.6 Å². The minimum atomic E-state index is 0.593. The molecule has 0 aliphatic rings. The van der Waals surface area contributed by atoms with E-state index in [4.69, 9.17) is 16.3 Å². The third-order valence-electron chi connectivity index (χ3n) is 2.44. The maximum Gasteiger partial charge on any atom is 0.137 e. The second kappa shape index (κ2) is 5.47. The summed E-state index contributed by atoms with van der Waals surface area (Å²) < 4.78 is 5.11. The number of nitrogens with zero attached hydrogens (tertiary/aromatic N) is 1. The number of ether oxygens (including phenoxy) is 1.